The molecule has 1 N–H and O–H groups in total. The molecule has 0 aliphatic rings. The van der Waals surface area contributed by atoms with Crippen molar-refractivity contribution in [2.45, 2.75) is 32.6 Å². The predicted molar refractivity (Wildman–Crippen MR) is 69.2 cm³/mol. The van der Waals surface area contributed by atoms with E-state index in [9.17, 15) is 4.79 Å². The van der Waals surface area contributed by atoms with Crippen molar-refractivity contribution in [3.05, 3.63) is 28.2 Å². The summed E-state index contributed by atoms with van der Waals surface area (Å²) in [7, 11) is 0. The van der Waals surface area contributed by atoms with Gasteiger partial charge in [0.15, 0.2) is 0 Å². The molecule has 0 heterocycles. The molecule has 0 aromatic heterocycles. The van der Waals surface area contributed by atoms with Gasteiger partial charge in [-0.05, 0) is 18.6 Å². The Labute approximate surface area is 106 Å². The first-order chi connectivity index (χ1) is 7.65. The van der Waals surface area contributed by atoms with Gasteiger partial charge in [-0.1, -0.05) is 49.0 Å². The van der Waals surface area contributed by atoms with Crippen LogP contribution < -0.4 is 5.32 Å². The summed E-state index contributed by atoms with van der Waals surface area (Å²) in [6, 6.07) is 5.15. The van der Waals surface area contributed by atoms with Crippen LogP contribution >= 0.6 is 23.2 Å². The molecule has 0 saturated carbocycles. The van der Waals surface area contributed by atoms with Gasteiger partial charge in [-0.3, -0.25) is 4.79 Å². The molecule has 0 saturated heterocycles. The number of carbonyl (C=O) groups excluding carboxylic acids is 1. The maximum atomic E-state index is 11.6. The number of halogens is 2. The Balaban J connectivity index is 2.56. The van der Waals surface area contributed by atoms with Crippen LogP contribution in [0.5, 0.6) is 0 Å². The molecule has 1 rings (SSSR count). The summed E-state index contributed by atoms with van der Waals surface area (Å²) in [4.78, 5) is 11.6. The molecule has 4 heteroatoms. The van der Waals surface area contributed by atoms with E-state index in [1.807, 2.05) is 0 Å². The van der Waals surface area contributed by atoms with Crippen molar-refractivity contribution in [3.63, 3.8) is 0 Å². The Morgan fingerprint density at radius 2 is 1.88 bits per heavy atom. The number of nitrogens with one attached hydrogen (secondary N) is 1. The highest BCUT2D eigenvalue weighted by molar-refractivity contribution is 6.39. The minimum atomic E-state index is -0.0385. The fourth-order valence-electron chi connectivity index (χ4n) is 1.35. The number of para-hydroxylation sites is 1. The molecule has 1 amide bonds. The summed E-state index contributed by atoms with van der Waals surface area (Å²) < 4.78 is 0. The summed E-state index contributed by atoms with van der Waals surface area (Å²) in [6.45, 7) is 2.10. The standard InChI is InChI=1S/C12H15Cl2NO/c1-2-3-4-8-11(16)15-12-9(13)6-5-7-10(12)14/h5-7H,2-4,8H2,1H3,(H,15,16). The quantitative estimate of drug-likeness (QED) is 0.775. The van der Waals surface area contributed by atoms with Crippen molar-refractivity contribution in [1.82, 2.24) is 0 Å². The summed E-state index contributed by atoms with van der Waals surface area (Å²) in [5, 5.41) is 3.67. The summed E-state index contributed by atoms with van der Waals surface area (Å²) in [6.07, 6.45) is 3.56. The fraction of sp³-hybridized carbons (Fsp3) is 0.417. The van der Waals surface area contributed by atoms with Gasteiger partial charge in [-0.25, -0.2) is 0 Å². The molecular formula is C12H15Cl2NO. The van der Waals surface area contributed by atoms with Crippen LogP contribution in [0.4, 0.5) is 5.69 Å². The van der Waals surface area contributed by atoms with Crippen LogP contribution in [0, 0.1) is 0 Å². The van der Waals surface area contributed by atoms with Crippen LogP contribution in [0.1, 0.15) is 32.6 Å². The van der Waals surface area contributed by atoms with Gasteiger partial charge < -0.3 is 5.32 Å². The highest BCUT2D eigenvalue weighted by Crippen LogP contribution is 2.29. The normalized spacial score (nSPS) is 10.2. The lowest BCUT2D eigenvalue weighted by Gasteiger charge is -2.08. The van der Waals surface area contributed by atoms with Crippen molar-refractivity contribution < 1.29 is 4.79 Å². The second kappa shape index (κ2) is 6.77. The molecule has 0 aliphatic heterocycles. The topological polar surface area (TPSA) is 29.1 Å². The van der Waals surface area contributed by atoms with E-state index in [0.717, 1.165) is 19.3 Å². The van der Waals surface area contributed by atoms with Crippen LogP contribution in [-0.4, -0.2) is 5.91 Å². The lowest BCUT2D eigenvalue weighted by molar-refractivity contribution is -0.116. The average Bonchev–Trinajstić information content (AvgIpc) is 2.24. The molecule has 0 bridgehead atoms. The van der Waals surface area contributed by atoms with Crippen LogP contribution in [0.15, 0.2) is 18.2 Å². The SMILES string of the molecule is CCCCCC(=O)Nc1c(Cl)cccc1Cl. The van der Waals surface area contributed by atoms with E-state index in [2.05, 4.69) is 12.2 Å². The van der Waals surface area contributed by atoms with E-state index in [0.29, 0.717) is 22.2 Å². The molecular weight excluding hydrogens is 245 g/mol. The zero-order valence-corrected chi connectivity index (χ0v) is 10.7. The third kappa shape index (κ3) is 4.03. The molecule has 1 aromatic rings. The first-order valence-corrected chi connectivity index (χ1v) is 6.14. The van der Waals surface area contributed by atoms with Gasteiger partial charge in [0.05, 0.1) is 15.7 Å². The number of anilines is 1. The third-order valence-electron chi connectivity index (χ3n) is 2.23. The first kappa shape index (κ1) is 13.3. The number of hydrogen-bond donors (Lipinski definition) is 1. The summed E-state index contributed by atoms with van der Waals surface area (Å²) >= 11 is 11.9. The highest BCUT2D eigenvalue weighted by atomic mass is 35.5. The van der Waals surface area contributed by atoms with Gasteiger partial charge in [0.25, 0.3) is 0 Å². The number of hydrogen-bond acceptors (Lipinski definition) is 1. The molecule has 0 spiro atoms. The van der Waals surface area contributed by atoms with Crippen molar-refractivity contribution in [2.24, 2.45) is 0 Å². The Morgan fingerprint density at radius 1 is 1.25 bits per heavy atom. The average molecular weight is 260 g/mol. The summed E-state index contributed by atoms with van der Waals surface area (Å²) in [5.74, 6) is -0.0385. The number of unbranched alkanes of at least 4 members (excludes halogenated alkanes) is 2. The first-order valence-electron chi connectivity index (χ1n) is 5.39. The van der Waals surface area contributed by atoms with Crippen molar-refractivity contribution in [3.8, 4) is 0 Å². The van der Waals surface area contributed by atoms with Crippen molar-refractivity contribution in [2.75, 3.05) is 5.32 Å². The predicted octanol–water partition coefficient (Wildman–Crippen LogP) is 4.51. The Hall–Kier alpha value is -0.730. The molecule has 0 unspecified atom stereocenters. The largest absolute Gasteiger partial charge is 0.324 e. The van der Waals surface area contributed by atoms with Gasteiger partial charge in [-0.2, -0.15) is 0 Å². The third-order valence-corrected chi connectivity index (χ3v) is 2.86. The van der Waals surface area contributed by atoms with Gasteiger partial charge in [0.2, 0.25) is 5.91 Å². The van der Waals surface area contributed by atoms with Gasteiger partial charge >= 0.3 is 0 Å². The molecule has 2 nitrogen and oxygen atoms in total. The lowest BCUT2D eigenvalue weighted by atomic mass is 10.2. The Kier molecular flexibility index (Phi) is 5.64. The maximum Gasteiger partial charge on any atom is 0.224 e. The smallest absolute Gasteiger partial charge is 0.224 e. The molecule has 0 fully saturated rings. The van der Waals surface area contributed by atoms with Crippen LogP contribution in [0.2, 0.25) is 10.0 Å². The summed E-state index contributed by atoms with van der Waals surface area (Å²) in [5.41, 5.74) is 0.507. The Bertz CT molecular complexity index is 346. The number of benzene rings is 1. The molecule has 0 atom stereocenters. The zero-order chi connectivity index (χ0) is 12.0. The van der Waals surface area contributed by atoms with Crippen LogP contribution in [0.3, 0.4) is 0 Å². The van der Waals surface area contributed by atoms with Crippen LogP contribution in [-0.2, 0) is 4.79 Å². The van der Waals surface area contributed by atoms with E-state index in [1.165, 1.54) is 0 Å². The van der Waals surface area contributed by atoms with E-state index < -0.39 is 0 Å². The lowest BCUT2D eigenvalue weighted by Crippen LogP contribution is -2.11. The minimum absolute atomic E-state index is 0.0385. The van der Waals surface area contributed by atoms with E-state index >= 15 is 0 Å². The zero-order valence-electron chi connectivity index (χ0n) is 9.22. The molecule has 16 heavy (non-hydrogen) atoms. The monoisotopic (exact) mass is 259 g/mol. The van der Waals surface area contributed by atoms with E-state index in [4.69, 9.17) is 23.2 Å². The highest BCUT2D eigenvalue weighted by Gasteiger charge is 2.08. The molecule has 0 aliphatic carbocycles. The fourth-order valence-corrected chi connectivity index (χ4v) is 1.85. The van der Waals surface area contributed by atoms with Crippen molar-refractivity contribution >= 4 is 34.8 Å². The maximum absolute atomic E-state index is 11.6. The van der Waals surface area contributed by atoms with Crippen molar-refractivity contribution in [1.29, 1.82) is 0 Å². The molecule has 0 radical (unpaired) electrons. The molecule has 88 valence electrons. The van der Waals surface area contributed by atoms with Gasteiger partial charge in [0.1, 0.15) is 0 Å². The minimum Gasteiger partial charge on any atom is -0.324 e. The number of amides is 1. The van der Waals surface area contributed by atoms with Crippen LogP contribution in [0.25, 0.3) is 0 Å². The van der Waals surface area contributed by atoms with Gasteiger partial charge in [-0.15, -0.1) is 0 Å². The molecule has 1 aromatic carbocycles. The Morgan fingerprint density at radius 3 is 2.44 bits per heavy atom. The number of rotatable bonds is 5. The second-order valence-corrected chi connectivity index (χ2v) is 4.42. The number of carbonyl (C=O) groups is 1. The van der Waals surface area contributed by atoms with E-state index in [-0.39, 0.29) is 5.91 Å². The second-order valence-electron chi connectivity index (χ2n) is 3.60. The van der Waals surface area contributed by atoms with E-state index in [1.54, 1.807) is 18.2 Å². The van der Waals surface area contributed by atoms with Gasteiger partial charge in [0, 0.05) is 6.42 Å².